The maximum absolute atomic E-state index is 5.47. The first-order valence-corrected chi connectivity index (χ1v) is 4.66. The monoisotopic (exact) mass is 187 g/mol. The van der Waals surface area contributed by atoms with Gasteiger partial charge in [-0.25, -0.2) is 0 Å². The van der Waals surface area contributed by atoms with E-state index < -0.39 is 0 Å². The maximum Gasteiger partial charge on any atom is 0.127 e. The van der Waals surface area contributed by atoms with Gasteiger partial charge in [-0.05, 0) is 11.6 Å². The molecule has 0 aromatic heterocycles. The van der Waals surface area contributed by atoms with E-state index in [9.17, 15) is 0 Å². The fourth-order valence-corrected chi connectivity index (χ4v) is 1.59. The lowest BCUT2D eigenvalue weighted by molar-refractivity contribution is 0.0976. The molecule has 0 saturated carbocycles. The lowest BCUT2D eigenvalue weighted by Gasteiger charge is -2.22. The minimum atomic E-state index is -0.332. The molecule has 0 radical (unpaired) electrons. The van der Waals surface area contributed by atoms with Crippen LogP contribution in [-0.2, 0) is 11.2 Å². The van der Waals surface area contributed by atoms with Crippen LogP contribution in [0.15, 0.2) is 47.6 Å². The molecular weight excluding hydrogens is 174 g/mol. The van der Waals surface area contributed by atoms with Crippen molar-refractivity contribution in [1.82, 2.24) is 0 Å². The molecule has 2 heteroatoms. The Morgan fingerprint density at radius 1 is 1.29 bits per heavy atom. The van der Waals surface area contributed by atoms with Crippen LogP contribution in [0.4, 0.5) is 0 Å². The summed E-state index contributed by atoms with van der Waals surface area (Å²) in [6, 6.07) is 10.3. The lowest BCUT2D eigenvalue weighted by atomic mass is 9.96. The molecule has 0 bridgehead atoms. The van der Waals surface area contributed by atoms with Crippen LogP contribution >= 0.6 is 0 Å². The number of hydrogen-bond donors (Lipinski definition) is 0. The van der Waals surface area contributed by atoms with Gasteiger partial charge in [0.2, 0.25) is 0 Å². The molecule has 1 unspecified atom stereocenters. The fraction of sp³-hybridized carbons (Fsp3) is 0.250. The van der Waals surface area contributed by atoms with E-state index in [1.807, 2.05) is 30.5 Å². The predicted molar refractivity (Wildman–Crippen MR) is 57.5 cm³/mol. The Hall–Kier alpha value is -1.41. The summed E-state index contributed by atoms with van der Waals surface area (Å²) in [4.78, 5) is 4.07. The normalized spacial score (nSPS) is 24.4. The van der Waals surface area contributed by atoms with Gasteiger partial charge in [0, 0.05) is 25.9 Å². The van der Waals surface area contributed by atoms with Crippen molar-refractivity contribution in [2.45, 2.75) is 12.0 Å². The highest BCUT2D eigenvalue weighted by Gasteiger charge is 2.26. The highest BCUT2D eigenvalue weighted by molar-refractivity contribution is 5.75. The van der Waals surface area contributed by atoms with Crippen molar-refractivity contribution in [2.24, 2.45) is 4.99 Å². The number of nitrogens with zero attached hydrogens (tertiary/aromatic N) is 1. The predicted octanol–water partition coefficient (Wildman–Crippen LogP) is 2.21. The van der Waals surface area contributed by atoms with Gasteiger partial charge in [-0.15, -0.1) is 0 Å². The van der Waals surface area contributed by atoms with Crippen molar-refractivity contribution >= 4 is 6.21 Å². The molecule has 0 spiro atoms. The number of methoxy groups -OCH3 is 1. The molecule has 2 nitrogen and oxygen atoms in total. The second-order valence-corrected chi connectivity index (χ2v) is 3.42. The SMILES string of the molecule is COC1(Cc2ccccc2)C=CN=C1. The van der Waals surface area contributed by atoms with E-state index in [4.69, 9.17) is 4.74 Å². The number of rotatable bonds is 3. The molecule has 1 aliphatic rings. The van der Waals surface area contributed by atoms with E-state index in [1.165, 1.54) is 5.56 Å². The van der Waals surface area contributed by atoms with Gasteiger partial charge >= 0.3 is 0 Å². The quantitative estimate of drug-likeness (QED) is 0.711. The van der Waals surface area contributed by atoms with Gasteiger partial charge < -0.3 is 4.74 Å². The molecule has 1 atom stereocenters. The van der Waals surface area contributed by atoms with E-state index in [-0.39, 0.29) is 5.60 Å². The van der Waals surface area contributed by atoms with Gasteiger partial charge in [-0.3, -0.25) is 4.99 Å². The molecule has 72 valence electrons. The van der Waals surface area contributed by atoms with Gasteiger partial charge in [0.05, 0.1) is 0 Å². The van der Waals surface area contributed by atoms with E-state index >= 15 is 0 Å². The van der Waals surface area contributed by atoms with E-state index in [0.29, 0.717) is 0 Å². The summed E-state index contributed by atoms with van der Waals surface area (Å²) in [5.41, 5.74) is 0.925. The largest absolute Gasteiger partial charge is 0.368 e. The highest BCUT2D eigenvalue weighted by Crippen LogP contribution is 2.20. The number of hydrogen-bond acceptors (Lipinski definition) is 2. The Balaban J connectivity index is 2.17. The first-order valence-electron chi connectivity index (χ1n) is 4.66. The second kappa shape index (κ2) is 3.76. The van der Waals surface area contributed by atoms with Crippen LogP contribution in [0.1, 0.15) is 5.56 Å². The van der Waals surface area contributed by atoms with E-state index in [1.54, 1.807) is 13.3 Å². The van der Waals surface area contributed by atoms with Crippen molar-refractivity contribution in [3.63, 3.8) is 0 Å². The molecule has 0 amide bonds. The summed E-state index contributed by atoms with van der Waals surface area (Å²) in [6.45, 7) is 0. The standard InChI is InChI=1S/C12H13NO/c1-14-12(7-8-13-10-12)9-11-5-3-2-4-6-11/h2-8,10H,9H2,1H3. The van der Waals surface area contributed by atoms with Crippen LogP contribution in [-0.4, -0.2) is 18.9 Å². The summed E-state index contributed by atoms with van der Waals surface area (Å²) < 4.78 is 5.47. The Kier molecular flexibility index (Phi) is 2.46. The zero-order valence-electron chi connectivity index (χ0n) is 8.18. The highest BCUT2D eigenvalue weighted by atomic mass is 16.5. The van der Waals surface area contributed by atoms with Crippen molar-refractivity contribution in [3.8, 4) is 0 Å². The summed E-state index contributed by atoms with van der Waals surface area (Å²) >= 11 is 0. The molecule has 1 aliphatic heterocycles. The minimum Gasteiger partial charge on any atom is -0.368 e. The molecule has 14 heavy (non-hydrogen) atoms. The van der Waals surface area contributed by atoms with Crippen LogP contribution < -0.4 is 0 Å². The van der Waals surface area contributed by atoms with Crippen LogP contribution in [0, 0.1) is 0 Å². The third kappa shape index (κ3) is 1.75. The molecule has 0 saturated heterocycles. The van der Waals surface area contributed by atoms with Gasteiger partial charge in [-0.2, -0.15) is 0 Å². The summed E-state index contributed by atoms with van der Waals surface area (Å²) in [6.07, 6.45) is 6.46. The molecule has 0 aliphatic carbocycles. The minimum absolute atomic E-state index is 0.332. The van der Waals surface area contributed by atoms with Crippen LogP contribution in [0.2, 0.25) is 0 Å². The first-order chi connectivity index (χ1) is 6.85. The third-order valence-corrected chi connectivity index (χ3v) is 2.44. The smallest absolute Gasteiger partial charge is 0.127 e. The Labute approximate surface area is 83.9 Å². The van der Waals surface area contributed by atoms with Gasteiger partial charge in [0.1, 0.15) is 5.60 Å². The molecular formula is C12H13NO. The van der Waals surface area contributed by atoms with Crippen molar-refractivity contribution in [1.29, 1.82) is 0 Å². The summed E-state index contributed by atoms with van der Waals surface area (Å²) in [5.74, 6) is 0. The molecule has 1 aromatic rings. The number of aliphatic imine (C=N–C) groups is 1. The van der Waals surface area contributed by atoms with E-state index in [2.05, 4.69) is 17.1 Å². The van der Waals surface area contributed by atoms with Crippen molar-refractivity contribution < 1.29 is 4.74 Å². The number of ether oxygens (including phenoxy) is 1. The Bertz CT molecular complexity index is 342. The van der Waals surface area contributed by atoms with Gasteiger partial charge in [0.25, 0.3) is 0 Å². The fourth-order valence-electron chi connectivity index (χ4n) is 1.59. The Morgan fingerprint density at radius 2 is 2.07 bits per heavy atom. The second-order valence-electron chi connectivity index (χ2n) is 3.42. The lowest BCUT2D eigenvalue weighted by Crippen LogP contribution is -2.31. The Morgan fingerprint density at radius 3 is 2.64 bits per heavy atom. The van der Waals surface area contributed by atoms with Crippen LogP contribution in [0.3, 0.4) is 0 Å². The zero-order valence-corrected chi connectivity index (χ0v) is 8.18. The topological polar surface area (TPSA) is 21.6 Å². The molecule has 2 rings (SSSR count). The van der Waals surface area contributed by atoms with E-state index in [0.717, 1.165) is 6.42 Å². The average molecular weight is 187 g/mol. The first kappa shape index (κ1) is 9.16. The summed E-state index contributed by atoms with van der Waals surface area (Å²) in [5, 5.41) is 0. The molecule has 0 N–H and O–H groups in total. The molecule has 1 aromatic carbocycles. The third-order valence-electron chi connectivity index (χ3n) is 2.44. The van der Waals surface area contributed by atoms with Crippen LogP contribution in [0.25, 0.3) is 0 Å². The van der Waals surface area contributed by atoms with Crippen LogP contribution in [0.5, 0.6) is 0 Å². The average Bonchev–Trinajstić information content (AvgIpc) is 2.69. The molecule has 1 heterocycles. The van der Waals surface area contributed by atoms with Gasteiger partial charge in [0.15, 0.2) is 0 Å². The maximum atomic E-state index is 5.47. The number of benzene rings is 1. The molecule has 0 fully saturated rings. The van der Waals surface area contributed by atoms with Crippen molar-refractivity contribution in [3.05, 3.63) is 48.2 Å². The van der Waals surface area contributed by atoms with Gasteiger partial charge in [-0.1, -0.05) is 30.3 Å². The zero-order chi connectivity index (χ0) is 9.86. The summed E-state index contributed by atoms with van der Waals surface area (Å²) in [7, 11) is 1.71. The van der Waals surface area contributed by atoms with Crippen molar-refractivity contribution in [2.75, 3.05) is 7.11 Å².